The summed E-state index contributed by atoms with van der Waals surface area (Å²) in [5.41, 5.74) is 2.49. The van der Waals surface area contributed by atoms with Crippen LogP contribution < -0.4 is 29.1 Å². The molecule has 0 N–H and O–H groups in total. The van der Waals surface area contributed by atoms with Crippen LogP contribution in [0.3, 0.4) is 0 Å². The fourth-order valence-electron chi connectivity index (χ4n) is 4.58. The quantitative estimate of drug-likeness (QED) is 0.221. The summed E-state index contributed by atoms with van der Waals surface area (Å²) in [5.74, 6) is 1.23. The minimum atomic E-state index is -0.758. The van der Waals surface area contributed by atoms with Gasteiger partial charge in [0.05, 0.1) is 36.5 Å². The summed E-state index contributed by atoms with van der Waals surface area (Å²) in [7, 11) is 1.31. The maximum Gasteiger partial charge on any atom is 0.337 e. The lowest BCUT2D eigenvalue weighted by molar-refractivity contribution is -0.136. The van der Waals surface area contributed by atoms with E-state index in [9.17, 15) is 9.59 Å². The van der Waals surface area contributed by atoms with Gasteiger partial charge in [-0.2, -0.15) is 0 Å². The number of hydrogen-bond donors (Lipinski definition) is 0. The highest BCUT2D eigenvalue weighted by atomic mass is 79.9. The van der Waals surface area contributed by atoms with Crippen LogP contribution in [0.15, 0.2) is 92.8 Å². The molecule has 0 fully saturated rings. The molecule has 0 saturated carbocycles. The summed E-state index contributed by atoms with van der Waals surface area (Å²) < 4.78 is 25.6. The van der Waals surface area contributed by atoms with Crippen molar-refractivity contribution in [1.29, 1.82) is 0 Å². The number of fused-ring (bicyclic) bond motifs is 1. The van der Waals surface area contributed by atoms with E-state index in [0.29, 0.717) is 52.0 Å². The number of rotatable bonds is 10. The number of esters is 1. The smallest absolute Gasteiger partial charge is 0.337 e. The molecule has 2 heterocycles. The minimum absolute atomic E-state index is 0.242. The van der Waals surface area contributed by atoms with Gasteiger partial charge in [0.25, 0.3) is 5.56 Å². The number of hydrogen-bond acceptors (Lipinski definition) is 8. The maximum absolute atomic E-state index is 13.9. The summed E-state index contributed by atoms with van der Waals surface area (Å²) in [6, 6.07) is 20.1. The number of ether oxygens (including phenoxy) is 4. The molecule has 216 valence electrons. The summed E-state index contributed by atoms with van der Waals surface area (Å²) in [4.78, 5) is 31.6. The number of carbonyl (C=O) groups excluding carboxylic acids is 1. The lowest BCUT2D eigenvalue weighted by Gasteiger charge is -2.23. The second-order valence-corrected chi connectivity index (χ2v) is 11.2. The first-order valence-electron chi connectivity index (χ1n) is 13.4. The van der Waals surface area contributed by atoms with Crippen LogP contribution in [0.5, 0.6) is 17.2 Å². The molecule has 1 atom stereocenters. The molecule has 1 aliphatic rings. The Hall–Kier alpha value is -4.15. The third-order valence-corrected chi connectivity index (χ3v) is 8.01. The minimum Gasteiger partial charge on any atom is -0.490 e. The molecule has 0 amide bonds. The molecule has 0 bridgehead atoms. The average Bonchev–Trinajstić information content (AvgIpc) is 3.32. The average molecular weight is 650 g/mol. The third-order valence-electron chi connectivity index (χ3n) is 6.48. The van der Waals surface area contributed by atoms with Crippen LogP contribution >= 0.6 is 27.3 Å². The first-order chi connectivity index (χ1) is 20.4. The molecule has 10 heteroatoms. The van der Waals surface area contributed by atoms with E-state index >= 15 is 0 Å². The molecule has 1 aliphatic heterocycles. The van der Waals surface area contributed by atoms with Crippen molar-refractivity contribution in [2.45, 2.75) is 26.5 Å². The van der Waals surface area contributed by atoms with Gasteiger partial charge in [-0.25, -0.2) is 9.79 Å². The molecule has 3 aromatic carbocycles. The second kappa shape index (κ2) is 13.2. The lowest BCUT2D eigenvalue weighted by atomic mass is 9.97. The van der Waals surface area contributed by atoms with Gasteiger partial charge in [0, 0.05) is 10.7 Å². The fourth-order valence-corrected chi connectivity index (χ4v) is 5.81. The molecule has 4 aromatic rings. The predicted octanol–water partition coefficient (Wildman–Crippen LogP) is 5.16. The van der Waals surface area contributed by atoms with Gasteiger partial charge in [0.1, 0.15) is 12.4 Å². The zero-order valence-electron chi connectivity index (χ0n) is 23.3. The van der Waals surface area contributed by atoms with E-state index in [1.54, 1.807) is 18.2 Å². The highest BCUT2D eigenvalue weighted by Gasteiger charge is 2.31. The van der Waals surface area contributed by atoms with Crippen LogP contribution in [-0.2, 0) is 16.1 Å². The standard InChI is InChI=1S/C32H29BrN2O6S/c1-4-39-26-14-11-22(17-27(26)40-5-2)29-25(31(37)38-3)18-34-32-35(29)30(36)28(42-32)16-21-7-6-8-24(15-21)41-19-20-9-12-23(33)13-10-20/h6-18,29H,4-5,19H2,1-3H3/b28-16+/t29-/m0/s1. The molecule has 0 spiro atoms. The summed E-state index contributed by atoms with van der Waals surface area (Å²) in [6.45, 7) is 5.09. The predicted molar refractivity (Wildman–Crippen MR) is 165 cm³/mol. The Balaban J connectivity index is 1.53. The highest BCUT2D eigenvalue weighted by Crippen LogP contribution is 2.35. The van der Waals surface area contributed by atoms with Crippen molar-refractivity contribution < 1.29 is 23.7 Å². The van der Waals surface area contributed by atoms with Crippen molar-refractivity contribution in [1.82, 2.24) is 4.57 Å². The number of methoxy groups -OCH3 is 1. The fraction of sp³-hybridized carbons (Fsp3) is 0.219. The van der Waals surface area contributed by atoms with Crippen LogP contribution in [0.1, 0.15) is 36.6 Å². The summed E-state index contributed by atoms with van der Waals surface area (Å²) in [5, 5.41) is 0. The maximum atomic E-state index is 13.9. The van der Waals surface area contributed by atoms with E-state index in [4.69, 9.17) is 18.9 Å². The van der Waals surface area contributed by atoms with Gasteiger partial charge in [-0.05, 0) is 73.0 Å². The molecule has 42 heavy (non-hydrogen) atoms. The zero-order chi connectivity index (χ0) is 29.6. The zero-order valence-corrected chi connectivity index (χ0v) is 25.7. The first-order valence-corrected chi connectivity index (χ1v) is 15.0. The van der Waals surface area contributed by atoms with Gasteiger partial charge in [0.15, 0.2) is 16.3 Å². The SMILES string of the molecule is CCOc1ccc([C@H]2C(C(=O)OC)=CN=c3s/c(=C/c4cccc(OCc5ccc(Br)cc5)c4)c(=O)n32)cc1OCC. The lowest BCUT2D eigenvalue weighted by Crippen LogP contribution is -2.39. The highest BCUT2D eigenvalue weighted by molar-refractivity contribution is 9.10. The van der Waals surface area contributed by atoms with Crippen LogP contribution in [0.2, 0.25) is 0 Å². The van der Waals surface area contributed by atoms with Gasteiger partial charge in [-0.15, -0.1) is 0 Å². The molecule has 0 radical (unpaired) electrons. The van der Waals surface area contributed by atoms with Gasteiger partial charge < -0.3 is 18.9 Å². The van der Waals surface area contributed by atoms with Crippen LogP contribution in [0.25, 0.3) is 6.08 Å². The monoisotopic (exact) mass is 648 g/mol. The van der Waals surface area contributed by atoms with Gasteiger partial charge in [-0.1, -0.05) is 57.6 Å². The molecular formula is C32H29BrN2O6S. The third kappa shape index (κ3) is 6.34. The number of nitrogens with zero attached hydrogens (tertiary/aromatic N) is 2. The Morgan fingerprint density at radius 2 is 1.76 bits per heavy atom. The van der Waals surface area contributed by atoms with Gasteiger partial charge >= 0.3 is 5.97 Å². The van der Waals surface area contributed by atoms with Crippen molar-refractivity contribution in [2.24, 2.45) is 4.99 Å². The largest absolute Gasteiger partial charge is 0.490 e. The number of benzene rings is 3. The van der Waals surface area contributed by atoms with E-state index in [0.717, 1.165) is 15.6 Å². The summed E-state index contributed by atoms with van der Waals surface area (Å²) in [6.07, 6.45) is 3.28. The Labute approximate surface area is 255 Å². The van der Waals surface area contributed by atoms with Gasteiger partial charge in [-0.3, -0.25) is 9.36 Å². The van der Waals surface area contributed by atoms with E-state index in [1.165, 1.54) is 29.2 Å². The van der Waals surface area contributed by atoms with E-state index in [2.05, 4.69) is 20.9 Å². The number of carbonyl (C=O) groups is 1. The first kappa shape index (κ1) is 29.3. The molecule has 0 aliphatic carbocycles. The van der Waals surface area contributed by atoms with Crippen LogP contribution in [-0.4, -0.2) is 30.9 Å². The molecule has 8 nitrogen and oxygen atoms in total. The van der Waals surface area contributed by atoms with E-state index in [1.807, 2.05) is 68.4 Å². The Bertz CT molecular complexity index is 1810. The molecule has 0 saturated heterocycles. The number of aromatic nitrogens is 1. The molecular weight excluding hydrogens is 620 g/mol. The van der Waals surface area contributed by atoms with Crippen molar-refractivity contribution >= 4 is 39.3 Å². The Kier molecular flexibility index (Phi) is 9.24. The van der Waals surface area contributed by atoms with Crippen molar-refractivity contribution in [3.63, 3.8) is 0 Å². The van der Waals surface area contributed by atoms with E-state index < -0.39 is 12.0 Å². The topological polar surface area (TPSA) is 88.4 Å². The molecule has 5 rings (SSSR count). The normalized spacial score (nSPS) is 14.4. The van der Waals surface area contributed by atoms with Crippen molar-refractivity contribution in [3.8, 4) is 17.2 Å². The number of halogens is 1. The summed E-state index contributed by atoms with van der Waals surface area (Å²) >= 11 is 4.69. The molecule has 0 unspecified atom stereocenters. The van der Waals surface area contributed by atoms with Crippen molar-refractivity contribution in [2.75, 3.05) is 20.3 Å². The second-order valence-electron chi connectivity index (χ2n) is 9.24. The van der Waals surface area contributed by atoms with Crippen molar-refractivity contribution in [3.05, 3.63) is 119 Å². The Morgan fingerprint density at radius 1 is 1.00 bits per heavy atom. The molecule has 1 aromatic heterocycles. The van der Waals surface area contributed by atoms with E-state index in [-0.39, 0.29) is 11.1 Å². The Morgan fingerprint density at radius 3 is 2.50 bits per heavy atom. The van der Waals surface area contributed by atoms with Crippen LogP contribution in [0.4, 0.5) is 0 Å². The van der Waals surface area contributed by atoms with Crippen LogP contribution in [0, 0.1) is 0 Å². The number of thiazole rings is 1. The van der Waals surface area contributed by atoms with Gasteiger partial charge in [0.2, 0.25) is 0 Å².